The van der Waals surface area contributed by atoms with E-state index in [9.17, 15) is 14.4 Å². The van der Waals surface area contributed by atoms with Crippen LogP contribution in [-0.4, -0.2) is 72.0 Å². The zero-order valence-corrected chi connectivity index (χ0v) is 27.0. The molecule has 8 nitrogen and oxygen atoms in total. The monoisotopic (exact) mass is 608 g/mol. The van der Waals surface area contributed by atoms with Crippen molar-refractivity contribution in [1.29, 1.82) is 0 Å². The van der Waals surface area contributed by atoms with Crippen molar-refractivity contribution in [3.05, 3.63) is 24.3 Å². The van der Waals surface area contributed by atoms with E-state index in [4.69, 9.17) is 23.1 Å². The van der Waals surface area contributed by atoms with Crippen molar-refractivity contribution in [2.45, 2.75) is 64.5 Å². The lowest BCUT2D eigenvalue weighted by Gasteiger charge is -2.32. The van der Waals surface area contributed by atoms with E-state index in [1.165, 1.54) is 0 Å². The van der Waals surface area contributed by atoms with E-state index in [0.29, 0.717) is 30.4 Å². The van der Waals surface area contributed by atoms with E-state index in [2.05, 4.69) is 24.3 Å². The molecule has 6 atom stereocenters. The van der Waals surface area contributed by atoms with Crippen molar-refractivity contribution in [3.63, 3.8) is 0 Å². The first-order valence-corrected chi connectivity index (χ1v) is 18.9. The Bertz CT molecular complexity index is 929. The molecular formula is C31H48O8SSi. The maximum absolute atomic E-state index is 13.0. The third kappa shape index (κ3) is 8.48. The van der Waals surface area contributed by atoms with Crippen LogP contribution in [0.3, 0.4) is 0 Å². The number of fused-ring (bicyclic) bond motifs is 4. The minimum atomic E-state index is -2.06. The Kier molecular flexibility index (Phi) is 11.6. The van der Waals surface area contributed by atoms with Gasteiger partial charge in [-0.2, -0.15) is 11.8 Å². The first-order chi connectivity index (χ1) is 19.7. The molecule has 0 aromatic rings. The zero-order chi connectivity index (χ0) is 29.5. The van der Waals surface area contributed by atoms with Crippen LogP contribution in [0.1, 0.15) is 51.9 Å². The molecule has 4 aliphatic rings. The molecule has 0 spiro atoms. The molecule has 2 fully saturated rings. The molecule has 6 unspecified atom stereocenters. The molecule has 41 heavy (non-hydrogen) atoms. The predicted molar refractivity (Wildman–Crippen MR) is 160 cm³/mol. The first kappa shape index (κ1) is 32.3. The molecule has 0 radical (unpaired) electrons. The minimum absolute atomic E-state index is 0.0481. The van der Waals surface area contributed by atoms with Gasteiger partial charge in [0.1, 0.15) is 19.8 Å². The molecule has 4 rings (SSSR count). The summed E-state index contributed by atoms with van der Waals surface area (Å²) in [6.07, 6.45) is 14.2. The van der Waals surface area contributed by atoms with Crippen molar-refractivity contribution in [2.75, 3.05) is 45.5 Å². The van der Waals surface area contributed by atoms with Gasteiger partial charge >= 0.3 is 26.5 Å². The number of allylic oxidation sites excluding steroid dienone is 4. The van der Waals surface area contributed by atoms with Crippen molar-refractivity contribution < 1.29 is 37.4 Å². The summed E-state index contributed by atoms with van der Waals surface area (Å²) < 4.78 is 28.5. The number of rotatable bonds is 18. The van der Waals surface area contributed by atoms with Crippen LogP contribution < -0.4 is 0 Å². The Hall–Kier alpha value is -1.62. The van der Waals surface area contributed by atoms with Crippen molar-refractivity contribution in [2.24, 2.45) is 40.9 Å². The van der Waals surface area contributed by atoms with E-state index < -0.39 is 14.0 Å². The smallest absolute Gasteiger partial charge is 0.334 e. The second kappa shape index (κ2) is 14.7. The Morgan fingerprint density at radius 3 is 1.78 bits per heavy atom. The van der Waals surface area contributed by atoms with Gasteiger partial charge in [0.15, 0.2) is 0 Å². The minimum Gasteiger partial charge on any atom is -0.465 e. The van der Waals surface area contributed by atoms with Gasteiger partial charge in [-0.3, -0.25) is 14.4 Å². The van der Waals surface area contributed by atoms with E-state index in [-0.39, 0.29) is 61.4 Å². The molecule has 4 aliphatic carbocycles. The number of hydrogen-bond acceptors (Lipinski definition) is 9. The molecule has 0 N–H and O–H groups in total. The number of thioether (sulfide) groups is 1. The van der Waals surface area contributed by atoms with Crippen LogP contribution in [0, 0.1) is 40.9 Å². The Labute approximate surface area is 250 Å². The molecule has 0 aromatic carbocycles. The quantitative estimate of drug-likeness (QED) is 0.0674. The predicted octanol–water partition coefficient (Wildman–Crippen LogP) is 5.32. The topological polar surface area (TPSA) is 97.4 Å². The lowest BCUT2D eigenvalue weighted by molar-refractivity contribution is -0.166. The van der Waals surface area contributed by atoms with Crippen LogP contribution in [0.15, 0.2) is 24.3 Å². The maximum atomic E-state index is 13.0. The van der Waals surface area contributed by atoms with Crippen LogP contribution in [0.5, 0.6) is 0 Å². The van der Waals surface area contributed by atoms with Crippen LogP contribution >= 0.6 is 11.8 Å². The standard InChI is InChI=1S/C31H48O8SSi/c1-5-31(20-38-29(33)26-17-22-7-9-24(26)15-22,21-39-30(34)27-18-23-8-10-25(27)16-23)19-37-28(32)11-13-40-12-6-14-41(4,35-2)36-3/h7-10,22-27H,5-6,11-21H2,1-4H3. The van der Waals surface area contributed by atoms with Gasteiger partial charge in [-0.1, -0.05) is 31.2 Å². The van der Waals surface area contributed by atoms with E-state index >= 15 is 0 Å². The van der Waals surface area contributed by atoms with Gasteiger partial charge in [0.2, 0.25) is 0 Å². The van der Waals surface area contributed by atoms with Gasteiger partial charge in [-0.25, -0.2) is 0 Å². The second-order valence-electron chi connectivity index (χ2n) is 12.5. The van der Waals surface area contributed by atoms with Gasteiger partial charge in [-0.05, 0) is 80.5 Å². The van der Waals surface area contributed by atoms with Crippen molar-refractivity contribution in [1.82, 2.24) is 0 Å². The van der Waals surface area contributed by atoms with Crippen molar-refractivity contribution in [3.8, 4) is 0 Å². The summed E-state index contributed by atoms with van der Waals surface area (Å²) in [4.78, 5) is 38.7. The highest BCUT2D eigenvalue weighted by atomic mass is 32.2. The number of carbonyl (C=O) groups is 3. The van der Waals surface area contributed by atoms with Gasteiger partial charge in [-0.15, -0.1) is 0 Å². The molecule has 0 heterocycles. The molecule has 0 amide bonds. The fraction of sp³-hybridized carbons (Fsp3) is 0.774. The molecule has 2 saturated carbocycles. The summed E-state index contributed by atoms with van der Waals surface area (Å²) in [5, 5.41) is 0. The molecule has 0 aliphatic heterocycles. The highest BCUT2D eigenvalue weighted by Gasteiger charge is 2.44. The van der Waals surface area contributed by atoms with Gasteiger partial charge in [0.25, 0.3) is 0 Å². The van der Waals surface area contributed by atoms with Crippen LogP contribution in [0.25, 0.3) is 0 Å². The highest BCUT2D eigenvalue weighted by Crippen LogP contribution is 2.45. The van der Waals surface area contributed by atoms with E-state index in [1.54, 1.807) is 26.0 Å². The molecule has 0 saturated heterocycles. The number of hydrogen-bond donors (Lipinski definition) is 0. The lowest BCUT2D eigenvalue weighted by Crippen LogP contribution is -2.40. The van der Waals surface area contributed by atoms with Crippen LogP contribution in [0.2, 0.25) is 12.6 Å². The Morgan fingerprint density at radius 2 is 1.34 bits per heavy atom. The van der Waals surface area contributed by atoms with Crippen molar-refractivity contribution >= 4 is 38.2 Å². The summed E-state index contributed by atoms with van der Waals surface area (Å²) in [6.45, 7) is 4.18. The van der Waals surface area contributed by atoms with Crippen LogP contribution in [-0.2, 0) is 37.4 Å². The number of esters is 3. The summed E-state index contributed by atoms with van der Waals surface area (Å²) >= 11 is 1.71. The summed E-state index contributed by atoms with van der Waals surface area (Å²) in [7, 11) is 1.34. The van der Waals surface area contributed by atoms with Gasteiger partial charge in [0, 0.05) is 20.0 Å². The summed E-state index contributed by atoms with van der Waals surface area (Å²) in [5.41, 5.74) is -0.773. The fourth-order valence-electron chi connectivity index (χ4n) is 6.54. The largest absolute Gasteiger partial charge is 0.465 e. The average Bonchev–Trinajstić information content (AvgIpc) is 3.81. The highest BCUT2D eigenvalue weighted by molar-refractivity contribution is 7.99. The molecule has 0 aromatic heterocycles. The normalized spacial score (nSPS) is 29.1. The Morgan fingerprint density at radius 1 is 0.805 bits per heavy atom. The fourth-order valence-corrected chi connectivity index (χ4v) is 9.06. The van der Waals surface area contributed by atoms with Gasteiger partial charge in [0.05, 0.1) is 23.7 Å². The first-order valence-electron chi connectivity index (χ1n) is 15.2. The number of carbonyl (C=O) groups excluding carboxylic acids is 3. The molecule has 230 valence electrons. The van der Waals surface area contributed by atoms with E-state index in [0.717, 1.165) is 43.9 Å². The molecular weight excluding hydrogens is 560 g/mol. The summed E-state index contributed by atoms with van der Waals surface area (Å²) in [5.74, 6) is 2.10. The number of ether oxygens (including phenoxy) is 3. The lowest BCUT2D eigenvalue weighted by atomic mass is 9.87. The SMILES string of the molecule is CCC(COC(=O)CCSCCC[Si](C)(OC)OC)(COC(=O)C1CC2C=CC1C2)COC(=O)C1CC2C=CC1C2. The zero-order valence-electron chi connectivity index (χ0n) is 25.1. The van der Waals surface area contributed by atoms with Gasteiger partial charge < -0.3 is 23.1 Å². The third-order valence-electron chi connectivity index (χ3n) is 9.73. The second-order valence-corrected chi connectivity index (χ2v) is 17.3. The van der Waals surface area contributed by atoms with E-state index in [1.807, 2.05) is 13.5 Å². The third-order valence-corrected chi connectivity index (χ3v) is 13.8. The molecule has 10 heteroatoms. The molecule has 4 bridgehead atoms. The summed E-state index contributed by atoms with van der Waals surface area (Å²) in [6, 6.07) is 0.908. The Balaban J connectivity index is 1.25. The van der Waals surface area contributed by atoms with Crippen LogP contribution in [0.4, 0.5) is 0 Å². The maximum Gasteiger partial charge on any atom is 0.334 e. The average molecular weight is 609 g/mol.